The molecule has 2 amide bonds. The van der Waals surface area contributed by atoms with E-state index in [0.29, 0.717) is 21.4 Å². The van der Waals surface area contributed by atoms with Crippen molar-refractivity contribution in [3.63, 3.8) is 0 Å². The number of aromatic nitrogens is 1. The first-order valence-electron chi connectivity index (χ1n) is 10.3. The molecule has 0 aliphatic heterocycles. The Hall–Kier alpha value is -3.04. The van der Waals surface area contributed by atoms with Gasteiger partial charge in [-0.15, -0.1) is 23.1 Å². The van der Waals surface area contributed by atoms with Crippen LogP contribution >= 0.6 is 46.3 Å². The van der Waals surface area contributed by atoms with Gasteiger partial charge in [0, 0.05) is 26.5 Å². The van der Waals surface area contributed by atoms with Crippen molar-refractivity contribution >= 4 is 68.9 Å². The van der Waals surface area contributed by atoms with Crippen LogP contribution in [0.25, 0.3) is 11.3 Å². The minimum Gasteiger partial charge on any atom is -0.496 e. The molecule has 3 aromatic carbocycles. The molecule has 0 bridgehead atoms. The number of nitrogens with zero attached hydrogens (tertiary/aromatic N) is 1. The molecule has 0 aliphatic carbocycles. The molecule has 0 fully saturated rings. The zero-order chi connectivity index (χ0) is 24.8. The minimum atomic E-state index is -0.346. The number of hydrogen-bond acceptors (Lipinski definition) is 6. The van der Waals surface area contributed by atoms with Crippen LogP contribution in [0.3, 0.4) is 0 Å². The van der Waals surface area contributed by atoms with Crippen molar-refractivity contribution in [3.05, 3.63) is 87.7 Å². The molecule has 4 rings (SSSR count). The normalized spacial score (nSPS) is 10.6. The quantitative estimate of drug-likeness (QED) is 0.231. The van der Waals surface area contributed by atoms with Crippen LogP contribution in [0, 0.1) is 0 Å². The number of ether oxygens (including phenoxy) is 1. The van der Waals surface area contributed by atoms with E-state index in [1.807, 2.05) is 35.7 Å². The lowest BCUT2D eigenvalue weighted by atomic mass is 10.1. The van der Waals surface area contributed by atoms with Gasteiger partial charge in [-0.25, -0.2) is 4.98 Å². The molecule has 35 heavy (non-hydrogen) atoms. The van der Waals surface area contributed by atoms with E-state index in [1.54, 1.807) is 37.4 Å². The van der Waals surface area contributed by atoms with E-state index in [0.717, 1.165) is 21.9 Å². The topological polar surface area (TPSA) is 80.3 Å². The number of benzene rings is 3. The van der Waals surface area contributed by atoms with Gasteiger partial charge in [-0.2, -0.15) is 0 Å². The number of nitrogens with one attached hydrogen (secondary N) is 2. The molecule has 4 aromatic rings. The number of amides is 2. The number of carbonyl (C=O) groups excluding carboxylic acids is 2. The fourth-order valence-electron chi connectivity index (χ4n) is 3.15. The summed E-state index contributed by atoms with van der Waals surface area (Å²) in [4.78, 5) is 30.4. The first-order valence-corrected chi connectivity index (χ1v) is 12.9. The summed E-state index contributed by atoms with van der Waals surface area (Å²) >= 11 is 14.7. The van der Waals surface area contributed by atoms with Gasteiger partial charge < -0.3 is 15.4 Å². The fraction of sp³-hybridized carbons (Fsp3) is 0.0800. The van der Waals surface area contributed by atoms with Crippen molar-refractivity contribution in [3.8, 4) is 17.0 Å². The molecular weight excluding hydrogens is 525 g/mol. The molecule has 1 heterocycles. The van der Waals surface area contributed by atoms with Crippen LogP contribution in [0.2, 0.25) is 10.0 Å². The summed E-state index contributed by atoms with van der Waals surface area (Å²) in [6.45, 7) is 0. The van der Waals surface area contributed by atoms with Crippen molar-refractivity contribution in [2.45, 2.75) is 4.90 Å². The summed E-state index contributed by atoms with van der Waals surface area (Å²) in [6.07, 6.45) is 0. The van der Waals surface area contributed by atoms with Gasteiger partial charge in [-0.05, 0) is 48.5 Å². The third-order valence-corrected chi connectivity index (χ3v) is 7.07. The molecule has 0 saturated heterocycles. The molecular formula is C25H19Cl2N3O3S2. The van der Waals surface area contributed by atoms with Crippen molar-refractivity contribution in [2.75, 3.05) is 23.5 Å². The lowest BCUT2D eigenvalue weighted by Crippen LogP contribution is -2.14. The third kappa shape index (κ3) is 6.55. The Bertz CT molecular complexity index is 1380. The fourth-order valence-corrected chi connectivity index (χ4v) is 5.13. The monoisotopic (exact) mass is 543 g/mol. The van der Waals surface area contributed by atoms with E-state index in [-0.39, 0.29) is 22.6 Å². The maximum atomic E-state index is 12.5. The molecule has 178 valence electrons. The molecule has 6 nitrogen and oxygen atoms in total. The smallest absolute Gasteiger partial charge is 0.257 e. The summed E-state index contributed by atoms with van der Waals surface area (Å²) in [5.74, 6) is 0.375. The average Bonchev–Trinajstić information content (AvgIpc) is 3.31. The second kappa shape index (κ2) is 11.6. The van der Waals surface area contributed by atoms with E-state index in [2.05, 4.69) is 15.6 Å². The summed E-state index contributed by atoms with van der Waals surface area (Å²) < 4.78 is 5.38. The van der Waals surface area contributed by atoms with Crippen LogP contribution in [0.15, 0.2) is 77.0 Å². The van der Waals surface area contributed by atoms with Gasteiger partial charge in [0.15, 0.2) is 5.13 Å². The van der Waals surface area contributed by atoms with Crippen LogP contribution in [-0.2, 0) is 4.79 Å². The average molecular weight is 544 g/mol. The number of para-hydroxylation sites is 1. The predicted octanol–water partition coefficient (Wildman–Crippen LogP) is 7.11. The Balaban J connectivity index is 1.34. The Morgan fingerprint density at radius 1 is 1.03 bits per heavy atom. The van der Waals surface area contributed by atoms with Crippen molar-refractivity contribution in [2.24, 2.45) is 0 Å². The van der Waals surface area contributed by atoms with Crippen LogP contribution < -0.4 is 15.4 Å². The molecule has 2 N–H and O–H groups in total. The minimum absolute atomic E-state index is 0.182. The molecule has 0 radical (unpaired) electrons. The Kier molecular flexibility index (Phi) is 8.30. The standard InChI is InChI=1S/C25H19Cl2N3O3S2/c1-33-22-8-3-2-7-19(22)21-13-35-25(29-21)30-23(31)14-34-17-6-4-5-16(12-17)28-24(32)18-10-9-15(26)11-20(18)27/h2-13H,14H2,1H3,(H,28,32)(H,29,30,31). The van der Waals surface area contributed by atoms with Gasteiger partial charge in [0.1, 0.15) is 5.75 Å². The van der Waals surface area contributed by atoms with E-state index in [9.17, 15) is 9.59 Å². The highest BCUT2D eigenvalue weighted by molar-refractivity contribution is 8.00. The summed E-state index contributed by atoms with van der Waals surface area (Å²) in [5.41, 5.74) is 2.51. The highest BCUT2D eigenvalue weighted by atomic mass is 35.5. The maximum absolute atomic E-state index is 12.5. The van der Waals surface area contributed by atoms with E-state index < -0.39 is 0 Å². The molecule has 0 unspecified atom stereocenters. The molecule has 0 saturated carbocycles. The Labute approximate surface area is 220 Å². The van der Waals surface area contributed by atoms with Crippen LogP contribution in [0.1, 0.15) is 10.4 Å². The van der Waals surface area contributed by atoms with Gasteiger partial charge in [-0.3, -0.25) is 9.59 Å². The first kappa shape index (κ1) is 25.1. The van der Waals surface area contributed by atoms with Gasteiger partial charge >= 0.3 is 0 Å². The SMILES string of the molecule is COc1ccccc1-c1csc(NC(=O)CSc2cccc(NC(=O)c3ccc(Cl)cc3Cl)c2)n1. The molecule has 0 atom stereocenters. The third-order valence-electron chi connectivity index (χ3n) is 4.77. The number of anilines is 2. The number of halogens is 2. The zero-order valence-electron chi connectivity index (χ0n) is 18.4. The van der Waals surface area contributed by atoms with Crippen molar-refractivity contribution in [1.29, 1.82) is 0 Å². The van der Waals surface area contributed by atoms with Gasteiger partial charge in [0.25, 0.3) is 5.91 Å². The number of thiazole rings is 1. The van der Waals surface area contributed by atoms with Gasteiger partial charge in [0.05, 0.1) is 29.1 Å². The predicted molar refractivity (Wildman–Crippen MR) is 144 cm³/mol. The first-order chi connectivity index (χ1) is 16.9. The highest BCUT2D eigenvalue weighted by Crippen LogP contribution is 2.32. The Morgan fingerprint density at radius 3 is 2.66 bits per heavy atom. The lowest BCUT2D eigenvalue weighted by molar-refractivity contribution is -0.113. The second-order valence-corrected chi connectivity index (χ2v) is 9.93. The maximum Gasteiger partial charge on any atom is 0.257 e. The van der Waals surface area contributed by atoms with E-state index in [1.165, 1.54) is 29.2 Å². The zero-order valence-corrected chi connectivity index (χ0v) is 21.5. The lowest BCUT2D eigenvalue weighted by Gasteiger charge is -2.09. The highest BCUT2D eigenvalue weighted by Gasteiger charge is 2.13. The van der Waals surface area contributed by atoms with Crippen molar-refractivity contribution in [1.82, 2.24) is 4.98 Å². The number of rotatable bonds is 8. The number of methoxy groups -OCH3 is 1. The van der Waals surface area contributed by atoms with E-state index >= 15 is 0 Å². The van der Waals surface area contributed by atoms with E-state index in [4.69, 9.17) is 27.9 Å². The molecule has 1 aromatic heterocycles. The largest absolute Gasteiger partial charge is 0.496 e. The molecule has 0 spiro atoms. The number of carbonyl (C=O) groups is 2. The number of hydrogen-bond donors (Lipinski definition) is 2. The molecule has 10 heteroatoms. The van der Waals surface area contributed by atoms with Crippen LogP contribution in [-0.4, -0.2) is 29.7 Å². The second-order valence-electron chi connectivity index (χ2n) is 7.18. The number of thioether (sulfide) groups is 1. The molecule has 0 aliphatic rings. The summed E-state index contributed by atoms with van der Waals surface area (Å²) in [6, 6.07) is 19.5. The van der Waals surface area contributed by atoms with Gasteiger partial charge in [0.2, 0.25) is 5.91 Å². The van der Waals surface area contributed by atoms with Crippen LogP contribution in [0.4, 0.5) is 10.8 Å². The summed E-state index contributed by atoms with van der Waals surface area (Å²) in [5, 5.41) is 8.76. The van der Waals surface area contributed by atoms with Gasteiger partial charge in [-0.1, -0.05) is 41.4 Å². The summed E-state index contributed by atoms with van der Waals surface area (Å²) in [7, 11) is 1.61. The van der Waals surface area contributed by atoms with Crippen LogP contribution in [0.5, 0.6) is 5.75 Å². The van der Waals surface area contributed by atoms with Crippen molar-refractivity contribution < 1.29 is 14.3 Å². The Morgan fingerprint density at radius 2 is 1.86 bits per heavy atom.